The molecule has 32 heavy (non-hydrogen) atoms. The summed E-state index contributed by atoms with van der Waals surface area (Å²) < 4.78 is 5.76. The van der Waals surface area contributed by atoms with Crippen molar-refractivity contribution >= 4 is 5.97 Å². The lowest BCUT2D eigenvalue weighted by atomic mass is 9.47. The first-order valence-corrected chi connectivity index (χ1v) is 14.1. The molecule has 8 atom stereocenters. The van der Waals surface area contributed by atoms with Gasteiger partial charge in [-0.15, -0.1) is 0 Å². The number of ether oxygens (including phenoxy) is 1. The van der Waals surface area contributed by atoms with Gasteiger partial charge in [0.2, 0.25) is 0 Å². The van der Waals surface area contributed by atoms with Gasteiger partial charge in [0.15, 0.2) is 0 Å². The molecule has 0 amide bonds. The van der Waals surface area contributed by atoms with Crippen molar-refractivity contribution in [1.29, 1.82) is 0 Å². The Morgan fingerprint density at radius 1 is 1.06 bits per heavy atom. The average Bonchev–Trinajstić information content (AvgIpc) is 3.11. The van der Waals surface area contributed by atoms with Crippen molar-refractivity contribution in [2.75, 3.05) is 0 Å². The normalized spacial score (nSPS) is 42.0. The minimum Gasteiger partial charge on any atom is -0.462 e. The molecule has 0 spiro atoms. The van der Waals surface area contributed by atoms with E-state index in [0.717, 1.165) is 48.3 Å². The van der Waals surface area contributed by atoms with Gasteiger partial charge in [0.25, 0.3) is 0 Å². The molecule has 0 bridgehead atoms. The molecular weight excluding hydrogens is 392 g/mol. The Bertz CT molecular complexity index is 708. The van der Waals surface area contributed by atoms with Gasteiger partial charge in [-0.1, -0.05) is 72.5 Å². The van der Waals surface area contributed by atoms with Gasteiger partial charge in [-0.05, 0) is 91.3 Å². The minimum absolute atomic E-state index is 0.0270. The van der Waals surface area contributed by atoms with Gasteiger partial charge < -0.3 is 4.74 Å². The summed E-state index contributed by atoms with van der Waals surface area (Å²) in [4.78, 5) is 11.9. The minimum atomic E-state index is -0.0270. The SMILES string of the molecule is CCC(=O)O[C@H]1CC[C@@]2(C)C(=CC[C@@H]3C2CC[C@@]2(C)C3CC[C@@H]2C(C)CCCC(C)C)C1. The fourth-order valence-electron chi connectivity index (χ4n) is 9.02. The molecular formula is C30H50O2. The summed E-state index contributed by atoms with van der Waals surface area (Å²) in [5.74, 6) is 5.28. The predicted octanol–water partition coefficient (Wildman–Crippen LogP) is 8.35. The van der Waals surface area contributed by atoms with E-state index in [1.807, 2.05) is 6.92 Å². The number of fused-ring (bicyclic) bond motifs is 5. The summed E-state index contributed by atoms with van der Waals surface area (Å²) in [6.07, 6.45) is 17.8. The largest absolute Gasteiger partial charge is 0.462 e. The van der Waals surface area contributed by atoms with E-state index in [2.05, 4.69) is 40.7 Å². The number of rotatable bonds is 7. The summed E-state index contributed by atoms with van der Waals surface area (Å²) in [6.45, 7) is 14.5. The quantitative estimate of drug-likeness (QED) is 0.292. The summed E-state index contributed by atoms with van der Waals surface area (Å²) >= 11 is 0. The van der Waals surface area contributed by atoms with E-state index in [-0.39, 0.29) is 12.1 Å². The van der Waals surface area contributed by atoms with Crippen molar-refractivity contribution in [2.45, 2.75) is 125 Å². The smallest absolute Gasteiger partial charge is 0.305 e. The van der Waals surface area contributed by atoms with E-state index in [1.54, 1.807) is 5.57 Å². The molecule has 0 heterocycles. The molecule has 0 aliphatic heterocycles. The Labute approximate surface area is 198 Å². The van der Waals surface area contributed by atoms with Crippen molar-refractivity contribution in [3.05, 3.63) is 11.6 Å². The lowest BCUT2D eigenvalue weighted by Gasteiger charge is -2.58. The molecule has 4 rings (SSSR count). The highest BCUT2D eigenvalue weighted by Crippen LogP contribution is 2.67. The van der Waals surface area contributed by atoms with Crippen molar-refractivity contribution < 1.29 is 9.53 Å². The third kappa shape index (κ3) is 4.34. The van der Waals surface area contributed by atoms with Gasteiger partial charge >= 0.3 is 5.97 Å². The second-order valence-electron chi connectivity index (χ2n) is 13.0. The van der Waals surface area contributed by atoms with Crippen LogP contribution in [0.4, 0.5) is 0 Å². The van der Waals surface area contributed by atoms with Crippen molar-refractivity contribution in [3.8, 4) is 0 Å². The molecule has 4 aliphatic rings. The van der Waals surface area contributed by atoms with Crippen LogP contribution in [0.1, 0.15) is 119 Å². The molecule has 2 heteroatoms. The number of esters is 1. The highest BCUT2D eigenvalue weighted by molar-refractivity contribution is 5.69. The second kappa shape index (κ2) is 9.46. The van der Waals surface area contributed by atoms with Crippen LogP contribution < -0.4 is 0 Å². The van der Waals surface area contributed by atoms with Crippen LogP contribution in [0, 0.1) is 46.3 Å². The van der Waals surface area contributed by atoms with Gasteiger partial charge in [0.05, 0.1) is 0 Å². The van der Waals surface area contributed by atoms with Crippen LogP contribution in [0.25, 0.3) is 0 Å². The first kappa shape index (κ1) is 24.3. The van der Waals surface area contributed by atoms with E-state index in [4.69, 9.17) is 4.74 Å². The molecule has 3 unspecified atom stereocenters. The maximum Gasteiger partial charge on any atom is 0.305 e. The molecule has 3 saturated carbocycles. The topological polar surface area (TPSA) is 26.3 Å². The van der Waals surface area contributed by atoms with Crippen molar-refractivity contribution in [1.82, 2.24) is 0 Å². The van der Waals surface area contributed by atoms with Gasteiger partial charge in [-0.3, -0.25) is 4.79 Å². The van der Waals surface area contributed by atoms with Crippen molar-refractivity contribution in [2.24, 2.45) is 46.3 Å². The Morgan fingerprint density at radius 3 is 2.56 bits per heavy atom. The Hall–Kier alpha value is -0.790. The molecule has 0 radical (unpaired) electrons. The summed E-state index contributed by atoms with van der Waals surface area (Å²) in [5, 5.41) is 0. The molecule has 0 saturated heterocycles. The monoisotopic (exact) mass is 442 g/mol. The summed E-state index contributed by atoms with van der Waals surface area (Å²) in [7, 11) is 0. The summed E-state index contributed by atoms with van der Waals surface area (Å²) in [6, 6.07) is 0. The maximum atomic E-state index is 11.9. The van der Waals surface area contributed by atoms with Gasteiger partial charge in [-0.2, -0.15) is 0 Å². The highest BCUT2D eigenvalue weighted by atomic mass is 16.5. The lowest BCUT2D eigenvalue weighted by molar-refractivity contribution is -0.151. The maximum absolute atomic E-state index is 11.9. The van der Waals surface area contributed by atoms with Gasteiger partial charge in [0, 0.05) is 12.8 Å². The third-order valence-corrected chi connectivity index (χ3v) is 10.8. The van der Waals surface area contributed by atoms with E-state index in [9.17, 15) is 4.79 Å². The molecule has 182 valence electrons. The fourth-order valence-corrected chi connectivity index (χ4v) is 9.02. The van der Waals surface area contributed by atoms with E-state index >= 15 is 0 Å². The summed E-state index contributed by atoms with van der Waals surface area (Å²) in [5.41, 5.74) is 2.54. The molecule has 0 N–H and O–H groups in total. The zero-order chi connectivity index (χ0) is 23.1. The Morgan fingerprint density at radius 2 is 1.84 bits per heavy atom. The Balaban J connectivity index is 1.45. The van der Waals surface area contributed by atoms with E-state index in [0.29, 0.717) is 17.3 Å². The van der Waals surface area contributed by atoms with Crippen LogP contribution in [0.5, 0.6) is 0 Å². The predicted molar refractivity (Wildman–Crippen MR) is 133 cm³/mol. The third-order valence-electron chi connectivity index (χ3n) is 10.8. The number of hydrogen-bond donors (Lipinski definition) is 0. The zero-order valence-corrected chi connectivity index (χ0v) is 21.9. The van der Waals surface area contributed by atoms with Crippen LogP contribution in [0.15, 0.2) is 11.6 Å². The number of carbonyl (C=O) groups excluding carboxylic acids is 1. The highest BCUT2D eigenvalue weighted by Gasteiger charge is 2.59. The van der Waals surface area contributed by atoms with E-state index < -0.39 is 0 Å². The molecule has 2 nitrogen and oxygen atoms in total. The van der Waals surface area contributed by atoms with Crippen LogP contribution >= 0.6 is 0 Å². The Kier molecular flexibility index (Phi) is 7.19. The van der Waals surface area contributed by atoms with Gasteiger partial charge in [0.1, 0.15) is 6.10 Å². The van der Waals surface area contributed by atoms with Crippen LogP contribution in [-0.4, -0.2) is 12.1 Å². The fraction of sp³-hybridized carbons (Fsp3) is 0.900. The first-order valence-electron chi connectivity index (χ1n) is 14.1. The zero-order valence-electron chi connectivity index (χ0n) is 21.9. The van der Waals surface area contributed by atoms with Crippen LogP contribution in [0.3, 0.4) is 0 Å². The number of hydrogen-bond acceptors (Lipinski definition) is 2. The van der Waals surface area contributed by atoms with E-state index in [1.165, 1.54) is 57.8 Å². The van der Waals surface area contributed by atoms with Crippen molar-refractivity contribution in [3.63, 3.8) is 0 Å². The standard InChI is InChI=1S/C30H50O2/c1-7-28(31)32-23-15-17-29(5)22(19-23)11-12-24-26-14-13-25(21(4)10-8-9-20(2)3)30(26,6)18-16-27(24)29/h11,20-21,23-27H,7-10,12-19H2,1-6H3/t21?,23-,24-,25+,26?,27?,29-,30+/m0/s1. The van der Waals surface area contributed by atoms with Gasteiger partial charge in [-0.25, -0.2) is 0 Å². The molecule has 4 aliphatic carbocycles. The van der Waals surface area contributed by atoms with Crippen LogP contribution in [0.2, 0.25) is 0 Å². The molecule has 0 aromatic carbocycles. The molecule has 0 aromatic rings. The first-order chi connectivity index (χ1) is 15.2. The lowest BCUT2D eigenvalue weighted by Crippen LogP contribution is -2.51. The average molecular weight is 443 g/mol. The molecule has 0 aromatic heterocycles. The molecule has 3 fully saturated rings. The second-order valence-corrected chi connectivity index (χ2v) is 13.0. The number of carbonyl (C=O) groups is 1. The van der Waals surface area contributed by atoms with Crippen LogP contribution in [-0.2, 0) is 9.53 Å². The number of allylic oxidation sites excluding steroid dienone is 1.